The minimum atomic E-state index is -0.301. The quantitative estimate of drug-likeness (QED) is 0.893. The highest BCUT2D eigenvalue weighted by atomic mass is 79.9. The molecular formula is C18H17BrN2O2. The van der Waals surface area contributed by atoms with Gasteiger partial charge in [0, 0.05) is 29.7 Å². The Balaban J connectivity index is 1.61. The molecule has 1 aliphatic rings. The summed E-state index contributed by atoms with van der Waals surface area (Å²) >= 11 is 3.38. The van der Waals surface area contributed by atoms with Crippen LogP contribution in [0.25, 0.3) is 0 Å². The SMILES string of the molecule is O=C(Nc1cccc(Br)c1)C1CC(=O)N(Cc2ccccc2)C1. The molecule has 2 aromatic rings. The molecule has 3 rings (SSSR count). The van der Waals surface area contributed by atoms with Crippen LogP contribution in [0.5, 0.6) is 0 Å². The van der Waals surface area contributed by atoms with E-state index in [0.717, 1.165) is 15.7 Å². The van der Waals surface area contributed by atoms with Crippen LogP contribution in [-0.2, 0) is 16.1 Å². The maximum Gasteiger partial charge on any atom is 0.229 e. The standard InChI is InChI=1S/C18H17BrN2O2/c19-15-7-4-8-16(10-15)20-18(23)14-9-17(22)21(12-14)11-13-5-2-1-3-6-13/h1-8,10,14H,9,11-12H2,(H,20,23). The van der Waals surface area contributed by atoms with Gasteiger partial charge in [0.15, 0.2) is 0 Å². The molecule has 0 aliphatic carbocycles. The van der Waals surface area contributed by atoms with E-state index in [1.165, 1.54) is 0 Å². The van der Waals surface area contributed by atoms with Gasteiger partial charge in [-0.3, -0.25) is 9.59 Å². The van der Waals surface area contributed by atoms with Crippen molar-refractivity contribution in [2.24, 2.45) is 5.92 Å². The highest BCUT2D eigenvalue weighted by Gasteiger charge is 2.34. The third-order valence-electron chi connectivity index (χ3n) is 3.89. The number of hydrogen-bond donors (Lipinski definition) is 1. The van der Waals surface area contributed by atoms with E-state index in [2.05, 4.69) is 21.2 Å². The van der Waals surface area contributed by atoms with Gasteiger partial charge in [-0.1, -0.05) is 52.3 Å². The molecule has 0 bridgehead atoms. The summed E-state index contributed by atoms with van der Waals surface area (Å²) in [7, 11) is 0. The third-order valence-corrected chi connectivity index (χ3v) is 4.39. The van der Waals surface area contributed by atoms with Crippen LogP contribution in [0.2, 0.25) is 0 Å². The second kappa shape index (κ2) is 6.96. The molecule has 1 unspecified atom stereocenters. The minimum Gasteiger partial charge on any atom is -0.338 e. The van der Waals surface area contributed by atoms with E-state index in [1.54, 1.807) is 4.90 Å². The number of benzene rings is 2. The monoisotopic (exact) mass is 372 g/mol. The molecule has 2 amide bonds. The number of rotatable bonds is 4. The van der Waals surface area contributed by atoms with E-state index in [0.29, 0.717) is 13.1 Å². The normalized spacial score (nSPS) is 17.3. The van der Waals surface area contributed by atoms with Gasteiger partial charge in [0.25, 0.3) is 0 Å². The van der Waals surface area contributed by atoms with E-state index in [-0.39, 0.29) is 24.2 Å². The minimum absolute atomic E-state index is 0.0308. The summed E-state index contributed by atoms with van der Waals surface area (Å²) in [5.41, 5.74) is 1.81. The van der Waals surface area contributed by atoms with Crippen molar-refractivity contribution in [1.29, 1.82) is 0 Å². The first-order valence-electron chi connectivity index (χ1n) is 7.50. The second-order valence-corrected chi connectivity index (χ2v) is 6.58. The van der Waals surface area contributed by atoms with Crippen molar-refractivity contribution in [1.82, 2.24) is 4.90 Å². The lowest BCUT2D eigenvalue weighted by Gasteiger charge is -2.16. The van der Waals surface area contributed by atoms with Crippen molar-refractivity contribution in [3.05, 3.63) is 64.6 Å². The Kier molecular flexibility index (Phi) is 4.76. The van der Waals surface area contributed by atoms with Crippen molar-refractivity contribution >= 4 is 33.4 Å². The van der Waals surface area contributed by atoms with Crippen LogP contribution in [0.3, 0.4) is 0 Å². The van der Waals surface area contributed by atoms with E-state index in [4.69, 9.17) is 0 Å². The van der Waals surface area contributed by atoms with Gasteiger partial charge < -0.3 is 10.2 Å². The number of nitrogens with one attached hydrogen (secondary N) is 1. The molecular weight excluding hydrogens is 356 g/mol. The van der Waals surface area contributed by atoms with Crippen molar-refractivity contribution in [2.75, 3.05) is 11.9 Å². The number of carbonyl (C=O) groups excluding carboxylic acids is 2. The predicted molar refractivity (Wildman–Crippen MR) is 92.7 cm³/mol. The van der Waals surface area contributed by atoms with Gasteiger partial charge in [-0.25, -0.2) is 0 Å². The lowest BCUT2D eigenvalue weighted by molar-refractivity contribution is -0.128. The molecule has 0 saturated carbocycles. The van der Waals surface area contributed by atoms with Crippen molar-refractivity contribution in [3.63, 3.8) is 0 Å². The fourth-order valence-electron chi connectivity index (χ4n) is 2.71. The number of amides is 2. The van der Waals surface area contributed by atoms with Crippen LogP contribution in [0.4, 0.5) is 5.69 Å². The summed E-state index contributed by atoms with van der Waals surface area (Å²) in [4.78, 5) is 26.3. The van der Waals surface area contributed by atoms with Crippen LogP contribution >= 0.6 is 15.9 Å². The number of anilines is 1. The number of nitrogens with zero attached hydrogens (tertiary/aromatic N) is 1. The van der Waals surface area contributed by atoms with E-state index < -0.39 is 0 Å². The number of carbonyl (C=O) groups is 2. The molecule has 118 valence electrons. The fraction of sp³-hybridized carbons (Fsp3) is 0.222. The second-order valence-electron chi connectivity index (χ2n) is 5.66. The van der Waals surface area contributed by atoms with Crippen molar-refractivity contribution in [2.45, 2.75) is 13.0 Å². The summed E-state index contributed by atoms with van der Waals surface area (Å²) in [6, 6.07) is 17.3. The first kappa shape index (κ1) is 15.7. The summed E-state index contributed by atoms with van der Waals surface area (Å²) in [5.74, 6) is -0.375. The largest absolute Gasteiger partial charge is 0.338 e. The molecule has 1 aliphatic heterocycles. The molecule has 1 fully saturated rings. The fourth-order valence-corrected chi connectivity index (χ4v) is 3.11. The van der Waals surface area contributed by atoms with Crippen molar-refractivity contribution < 1.29 is 9.59 Å². The molecule has 4 nitrogen and oxygen atoms in total. The predicted octanol–water partition coefficient (Wildman–Crippen LogP) is 3.44. The van der Waals surface area contributed by atoms with Gasteiger partial charge in [-0.05, 0) is 23.8 Å². The average Bonchev–Trinajstić information content (AvgIpc) is 2.89. The van der Waals surface area contributed by atoms with Crippen LogP contribution < -0.4 is 5.32 Å². The van der Waals surface area contributed by atoms with Crippen LogP contribution in [-0.4, -0.2) is 23.3 Å². The smallest absolute Gasteiger partial charge is 0.229 e. The summed E-state index contributed by atoms with van der Waals surface area (Å²) in [5, 5.41) is 2.88. The topological polar surface area (TPSA) is 49.4 Å². The molecule has 23 heavy (non-hydrogen) atoms. The average molecular weight is 373 g/mol. The Hall–Kier alpha value is -2.14. The van der Waals surface area contributed by atoms with Gasteiger partial charge in [0.2, 0.25) is 11.8 Å². The van der Waals surface area contributed by atoms with Gasteiger partial charge in [-0.15, -0.1) is 0 Å². The van der Waals surface area contributed by atoms with Crippen LogP contribution in [0, 0.1) is 5.92 Å². The number of likely N-dealkylation sites (tertiary alicyclic amines) is 1. The molecule has 0 spiro atoms. The third kappa shape index (κ3) is 3.99. The summed E-state index contributed by atoms with van der Waals surface area (Å²) in [6.07, 6.45) is 0.271. The molecule has 1 saturated heterocycles. The highest BCUT2D eigenvalue weighted by Crippen LogP contribution is 2.23. The van der Waals surface area contributed by atoms with Crippen LogP contribution in [0.1, 0.15) is 12.0 Å². The zero-order chi connectivity index (χ0) is 16.2. The maximum absolute atomic E-state index is 12.4. The molecule has 0 radical (unpaired) electrons. The zero-order valence-electron chi connectivity index (χ0n) is 12.5. The van der Waals surface area contributed by atoms with Gasteiger partial charge >= 0.3 is 0 Å². The number of halogens is 1. The van der Waals surface area contributed by atoms with Crippen molar-refractivity contribution in [3.8, 4) is 0 Å². The van der Waals surface area contributed by atoms with E-state index in [1.807, 2.05) is 54.6 Å². The molecule has 1 atom stereocenters. The lowest BCUT2D eigenvalue weighted by Crippen LogP contribution is -2.28. The summed E-state index contributed by atoms with van der Waals surface area (Å²) < 4.78 is 0.906. The first-order valence-corrected chi connectivity index (χ1v) is 8.29. The number of hydrogen-bond acceptors (Lipinski definition) is 2. The Bertz CT molecular complexity index is 718. The molecule has 1 heterocycles. The van der Waals surface area contributed by atoms with Gasteiger partial charge in [0.05, 0.1) is 5.92 Å². The Morgan fingerprint density at radius 3 is 2.70 bits per heavy atom. The molecule has 2 aromatic carbocycles. The van der Waals surface area contributed by atoms with E-state index in [9.17, 15) is 9.59 Å². The Morgan fingerprint density at radius 2 is 1.96 bits per heavy atom. The molecule has 1 N–H and O–H groups in total. The Morgan fingerprint density at radius 1 is 1.17 bits per heavy atom. The zero-order valence-corrected chi connectivity index (χ0v) is 14.1. The maximum atomic E-state index is 12.4. The molecule has 5 heteroatoms. The van der Waals surface area contributed by atoms with Crippen LogP contribution in [0.15, 0.2) is 59.1 Å². The lowest BCUT2D eigenvalue weighted by atomic mass is 10.1. The van der Waals surface area contributed by atoms with Gasteiger partial charge in [0.1, 0.15) is 0 Å². The van der Waals surface area contributed by atoms with Gasteiger partial charge in [-0.2, -0.15) is 0 Å². The summed E-state index contributed by atoms with van der Waals surface area (Å²) in [6.45, 7) is 1.02. The molecule has 0 aromatic heterocycles. The highest BCUT2D eigenvalue weighted by molar-refractivity contribution is 9.10. The Labute approximate surface area is 143 Å². The van der Waals surface area contributed by atoms with E-state index >= 15 is 0 Å². The first-order chi connectivity index (χ1) is 11.1.